The second kappa shape index (κ2) is 8.77. The van der Waals surface area contributed by atoms with E-state index in [1.54, 1.807) is 30.5 Å². The number of nitrogens with zero attached hydrogens (tertiary/aromatic N) is 2. The van der Waals surface area contributed by atoms with E-state index in [2.05, 4.69) is 22.1 Å². The number of pyridine rings is 2. The van der Waals surface area contributed by atoms with Gasteiger partial charge in [-0.1, -0.05) is 30.3 Å². The smallest absolute Gasteiger partial charge is 0.337 e. The Bertz CT molecular complexity index is 1250. The predicted molar refractivity (Wildman–Crippen MR) is 119 cm³/mol. The molecule has 0 aliphatic carbocycles. The first-order chi connectivity index (χ1) is 15.0. The van der Waals surface area contributed by atoms with Crippen LogP contribution in [0.15, 0.2) is 79.0 Å². The highest BCUT2D eigenvalue weighted by molar-refractivity contribution is 5.94. The van der Waals surface area contributed by atoms with Crippen LogP contribution in [0.1, 0.15) is 21.5 Å². The van der Waals surface area contributed by atoms with Crippen LogP contribution in [0.5, 0.6) is 11.6 Å². The molecule has 4 rings (SSSR count). The molecule has 0 bridgehead atoms. The molecule has 4 aromatic rings. The fourth-order valence-electron chi connectivity index (χ4n) is 3.36. The summed E-state index contributed by atoms with van der Waals surface area (Å²) in [6, 6.07) is 22.3. The van der Waals surface area contributed by atoms with E-state index in [0.717, 1.165) is 22.3 Å². The summed E-state index contributed by atoms with van der Waals surface area (Å²) in [7, 11) is 0. The van der Waals surface area contributed by atoms with Gasteiger partial charge in [0, 0.05) is 18.8 Å². The molecule has 0 aliphatic heterocycles. The summed E-state index contributed by atoms with van der Waals surface area (Å²) in [4.78, 5) is 20.2. The van der Waals surface area contributed by atoms with Crippen molar-refractivity contribution in [2.75, 3.05) is 0 Å². The Kier molecular flexibility index (Phi) is 5.73. The lowest BCUT2D eigenvalue weighted by atomic mass is 10.0. The lowest BCUT2D eigenvalue weighted by Gasteiger charge is -2.11. The number of hydrogen-bond donors (Lipinski definition) is 2. The molecule has 3 N–H and O–H groups in total. The zero-order chi connectivity index (χ0) is 21.8. The molecular weight excluding hydrogens is 390 g/mol. The number of rotatable bonds is 6. The predicted octanol–water partition coefficient (Wildman–Crippen LogP) is 5.07. The van der Waals surface area contributed by atoms with Gasteiger partial charge in [-0.3, -0.25) is 4.98 Å². The van der Waals surface area contributed by atoms with Gasteiger partial charge in [-0.05, 0) is 65.6 Å². The van der Waals surface area contributed by atoms with E-state index in [1.807, 2.05) is 37.3 Å². The molecule has 0 atom stereocenters. The van der Waals surface area contributed by atoms with Crippen molar-refractivity contribution in [3.8, 4) is 34.1 Å². The first kappa shape index (κ1) is 20.3. The molecule has 2 heterocycles. The van der Waals surface area contributed by atoms with E-state index in [9.17, 15) is 9.90 Å². The topological polar surface area (TPSA) is 98.3 Å². The van der Waals surface area contributed by atoms with Crippen LogP contribution < -0.4 is 10.5 Å². The molecule has 31 heavy (non-hydrogen) atoms. The molecule has 2 aromatic heterocycles. The molecule has 0 radical (unpaired) electrons. The van der Waals surface area contributed by atoms with Crippen LogP contribution in [0.2, 0.25) is 0 Å². The second-order valence-corrected chi connectivity index (χ2v) is 7.11. The van der Waals surface area contributed by atoms with Gasteiger partial charge < -0.3 is 15.6 Å². The summed E-state index contributed by atoms with van der Waals surface area (Å²) in [6.07, 6.45) is 1.54. The first-order valence-corrected chi connectivity index (χ1v) is 9.78. The number of aromatic carboxylic acids is 1. The minimum Gasteiger partial charge on any atom is -0.478 e. The first-order valence-electron chi connectivity index (χ1n) is 9.78. The molecule has 2 aromatic carbocycles. The van der Waals surface area contributed by atoms with E-state index >= 15 is 0 Å². The number of carbonyl (C=O) groups is 1. The highest BCUT2D eigenvalue weighted by Crippen LogP contribution is 2.30. The average Bonchev–Trinajstić information content (AvgIpc) is 2.79. The van der Waals surface area contributed by atoms with Crippen LogP contribution in [-0.4, -0.2) is 21.0 Å². The Morgan fingerprint density at radius 3 is 2.65 bits per heavy atom. The Hall–Kier alpha value is -4.03. The van der Waals surface area contributed by atoms with Crippen molar-refractivity contribution in [1.29, 1.82) is 0 Å². The van der Waals surface area contributed by atoms with Gasteiger partial charge in [0.1, 0.15) is 11.4 Å². The van der Waals surface area contributed by atoms with Gasteiger partial charge in [-0.25, -0.2) is 9.78 Å². The minimum absolute atomic E-state index is 0.0878. The fourth-order valence-corrected chi connectivity index (χ4v) is 3.36. The van der Waals surface area contributed by atoms with Gasteiger partial charge >= 0.3 is 5.97 Å². The normalized spacial score (nSPS) is 10.6. The second-order valence-electron chi connectivity index (χ2n) is 7.11. The largest absolute Gasteiger partial charge is 0.478 e. The van der Waals surface area contributed by atoms with E-state index in [0.29, 0.717) is 29.6 Å². The molecule has 154 valence electrons. The maximum Gasteiger partial charge on any atom is 0.337 e. The third kappa shape index (κ3) is 4.60. The zero-order valence-electron chi connectivity index (χ0n) is 16.9. The summed E-state index contributed by atoms with van der Waals surface area (Å²) in [5.41, 5.74) is 10.8. The van der Waals surface area contributed by atoms with Gasteiger partial charge in [0.25, 0.3) is 0 Å². The molecule has 0 aliphatic rings. The van der Waals surface area contributed by atoms with Crippen LogP contribution in [-0.2, 0) is 6.54 Å². The van der Waals surface area contributed by atoms with Gasteiger partial charge in [-0.15, -0.1) is 0 Å². The standard InChI is InChI=1S/C25H21N3O3/c1-16-11-19(18-6-2-5-17(13-18)15-26)14-20(12-16)31-23-9-3-8-22(28-23)24-21(25(29)30)7-4-10-27-24/h2-14H,15,26H2,1H3,(H,29,30). The van der Waals surface area contributed by atoms with E-state index in [-0.39, 0.29) is 5.56 Å². The van der Waals surface area contributed by atoms with Crippen LogP contribution >= 0.6 is 0 Å². The number of aryl methyl sites for hydroxylation is 1. The number of carboxylic acids is 1. The summed E-state index contributed by atoms with van der Waals surface area (Å²) >= 11 is 0. The monoisotopic (exact) mass is 411 g/mol. The van der Waals surface area contributed by atoms with E-state index < -0.39 is 5.97 Å². The maximum absolute atomic E-state index is 11.5. The number of ether oxygens (including phenoxy) is 1. The maximum atomic E-state index is 11.5. The van der Waals surface area contributed by atoms with E-state index in [4.69, 9.17) is 10.5 Å². The SMILES string of the molecule is Cc1cc(Oc2cccc(-c3ncccc3C(=O)O)n2)cc(-c2cccc(CN)c2)c1. The van der Waals surface area contributed by atoms with Crippen molar-refractivity contribution >= 4 is 5.97 Å². The van der Waals surface area contributed by atoms with Gasteiger partial charge in [0.15, 0.2) is 0 Å². The third-order valence-corrected chi connectivity index (χ3v) is 4.77. The molecule has 6 nitrogen and oxygen atoms in total. The number of carboxylic acid groups (broad SMARTS) is 1. The molecule has 0 saturated heterocycles. The van der Waals surface area contributed by atoms with Crippen molar-refractivity contribution < 1.29 is 14.6 Å². The van der Waals surface area contributed by atoms with Crippen molar-refractivity contribution in [1.82, 2.24) is 9.97 Å². The molecule has 0 spiro atoms. The molecule has 0 amide bonds. The van der Waals surface area contributed by atoms with Gasteiger partial charge in [0.05, 0.1) is 11.3 Å². The van der Waals surface area contributed by atoms with Gasteiger partial charge in [-0.2, -0.15) is 0 Å². The number of hydrogen-bond acceptors (Lipinski definition) is 5. The molecule has 0 fully saturated rings. The van der Waals surface area contributed by atoms with Crippen molar-refractivity contribution in [2.45, 2.75) is 13.5 Å². The number of aromatic nitrogens is 2. The lowest BCUT2D eigenvalue weighted by molar-refractivity contribution is 0.0697. The third-order valence-electron chi connectivity index (χ3n) is 4.77. The quantitative estimate of drug-likeness (QED) is 0.460. The van der Waals surface area contributed by atoms with Crippen LogP contribution in [0.4, 0.5) is 0 Å². The summed E-state index contributed by atoms with van der Waals surface area (Å²) < 4.78 is 6.03. The summed E-state index contributed by atoms with van der Waals surface area (Å²) in [5.74, 6) is -0.0664. The average molecular weight is 411 g/mol. The highest BCUT2D eigenvalue weighted by atomic mass is 16.5. The van der Waals surface area contributed by atoms with Crippen molar-refractivity contribution in [3.05, 3.63) is 95.7 Å². The Morgan fingerprint density at radius 2 is 1.84 bits per heavy atom. The zero-order valence-corrected chi connectivity index (χ0v) is 16.9. The van der Waals surface area contributed by atoms with Crippen LogP contribution in [0.25, 0.3) is 22.5 Å². The van der Waals surface area contributed by atoms with Crippen LogP contribution in [0.3, 0.4) is 0 Å². The Morgan fingerprint density at radius 1 is 1.00 bits per heavy atom. The Balaban J connectivity index is 1.67. The van der Waals surface area contributed by atoms with Crippen molar-refractivity contribution in [2.24, 2.45) is 5.73 Å². The fraction of sp³-hybridized carbons (Fsp3) is 0.0800. The molecular formula is C25H21N3O3. The number of benzene rings is 2. The number of nitrogens with two attached hydrogens (primary N) is 1. The molecule has 0 saturated carbocycles. The van der Waals surface area contributed by atoms with Crippen LogP contribution in [0, 0.1) is 6.92 Å². The van der Waals surface area contributed by atoms with Crippen molar-refractivity contribution in [3.63, 3.8) is 0 Å². The molecule has 6 heteroatoms. The summed E-state index contributed by atoms with van der Waals surface area (Å²) in [6.45, 7) is 2.48. The lowest BCUT2D eigenvalue weighted by Crippen LogP contribution is -2.02. The summed E-state index contributed by atoms with van der Waals surface area (Å²) in [5, 5.41) is 9.43. The highest BCUT2D eigenvalue weighted by Gasteiger charge is 2.14. The minimum atomic E-state index is -1.06. The Labute approximate surface area is 180 Å². The van der Waals surface area contributed by atoms with E-state index in [1.165, 1.54) is 6.07 Å². The van der Waals surface area contributed by atoms with Gasteiger partial charge in [0.2, 0.25) is 5.88 Å². The molecule has 0 unspecified atom stereocenters.